The predicted molar refractivity (Wildman–Crippen MR) is 141 cm³/mol. The van der Waals surface area contributed by atoms with Crippen LogP contribution in [0.15, 0.2) is 0 Å². The van der Waals surface area contributed by atoms with Crippen LogP contribution >= 0.6 is 0 Å². The molecule has 0 aliphatic carbocycles. The summed E-state index contributed by atoms with van der Waals surface area (Å²) >= 11 is 0. The summed E-state index contributed by atoms with van der Waals surface area (Å²) in [6, 6.07) is 0. The number of hydrogen-bond acceptors (Lipinski definition) is 4. The zero-order chi connectivity index (χ0) is 24.4. The topological polar surface area (TPSA) is 44.8 Å². The summed E-state index contributed by atoms with van der Waals surface area (Å²) in [5.41, 5.74) is 0. The Morgan fingerprint density at radius 2 is 1.03 bits per heavy atom. The summed E-state index contributed by atoms with van der Waals surface area (Å²) in [6.07, 6.45) is 22.3. The first-order chi connectivity index (χ1) is 16.2. The van der Waals surface area contributed by atoms with Gasteiger partial charge in [0.2, 0.25) is 0 Å². The summed E-state index contributed by atoms with van der Waals surface area (Å²) in [5.74, 6) is -0.181. The first kappa shape index (κ1) is 32.4. The van der Waals surface area contributed by atoms with Gasteiger partial charge < -0.3 is 14.2 Å². The fraction of sp³-hybridized carbons (Fsp3) is 0.966. The van der Waals surface area contributed by atoms with Crippen molar-refractivity contribution in [2.45, 2.75) is 162 Å². The minimum Gasteiger partial charge on any atom is -0.460 e. The van der Waals surface area contributed by atoms with Crippen LogP contribution in [0.5, 0.6) is 0 Å². The van der Waals surface area contributed by atoms with Crippen molar-refractivity contribution in [1.29, 1.82) is 0 Å². The molecule has 0 aliphatic heterocycles. The Balaban J connectivity index is 4.10. The van der Waals surface area contributed by atoms with E-state index in [2.05, 4.69) is 20.8 Å². The maximum absolute atomic E-state index is 12.6. The molecule has 0 radical (unpaired) electrons. The van der Waals surface area contributed by atoms with Gasteiger partial charge in [-0.1, -0.05) is 91.4 Å². The number of ether oxygens (including phenoxy) is 3. The molecule has 0 heterocycles. The molecule has 4 nitrogen and oxygen atoms in total. The molecule has 0 aliphatic rings. The van der Waals surface area contributed by atoms with E-state index in [1.807, 2.05) is 6.92 Å². The van der Waals surface area contributed by atoms with E-state index in [-0.39, 0.29) is 12.1 Å². The lowest BCUT2D eigenvalue weighted by atomic mass is 10.0. The molecule has 0 rings (SSSR count). The van der Waals surface area contributed by atoms with Crippen LogP contribution in [-0.2, 0) is 19.0 Å². The van der Waals surface area contributed by atoms with Gasteiger partial charge >= 0.3 is 5.97 Å². The molecule has 0 saturated carbocycles. The van der Waals surface area contributed by atoms with E-state index < -0.39 is 6.10 Å². The third-order valence-corrected chi connectivity index (χ3v) is 6.32. The Labute approximate surface area is 206 Å². The molecule has 0 N–H and O–H groups in total. The zero-order valence-electron chi connectivity index (χ0n) is 22.8. The number of hydrogen-bond donors (Lipinski definition) is 0. The third-order valence-electron chi connectivity index (χ3n) is 6.32. The van der Waals surface area contributed by atoms with Gasteiger partial charge in [-0.25, -0.2) is 4.79 Å². The number of carbonyl (C=O) groups excluding carboxylic acids is 1. The van der Waals surface area contributed by atoms with Crippen LogP contribution < -0.4 is 0 Å². The Hall–Kier alpha value is -0.610. The largest absolute Gasteiger partial charge is 0.460 e. The summed E-state index contributed by atoms with van der Waals surface area (Å²) in [6.45, 7) is 10.8. The van der Waals surface area contributed by atoms with E-state index in [1.165, 1.54) is 70.6 Å². The maximum Gasteiger partial charge on any atom is 0.335 e. The van der Waals surface area contributed by atoms with Crippen molar-refractivity contribution in [3.63, 3.8) is 0 Å². The second-order valence-electron chi connectivity index (χ2n) is 9.71. The number of carbonyl (C=O) groups is 1. The predicted octanol–water partition coefficient (Wildman–Crippen LogP) is 8.79. The van der Waals surface area contributed by atoms with Crippen LogP contribution in [0.3, 0.4) is 0 Å². The number of unbranched alkanes of at least 4 members (excludes halogenated alkanes) is 13. The molecule has 0 aromatic heterocycles. The van der Waals surface area contributed by atoms with Gasteiger partial charge in [0, 0.05) is 19.8 Å². The van der Waals surface area contributed by atoms with E-state index in [0.717, 1.165) is 64.6 Å². The lowest BCUT2D eigenvalue weighted by Gasteiger charge is -2.21. The molecule has 4 heteroatoms. The van der Waals surface area contributed by atoms with Crippen LogP contribution in [0.1, 0.15) is 150 Å². The van der Waals surface area contributed by atoms with E-state index >= 15 is 0 Å². The molecule has 0 fully saturated rings. The summed E-state index contributed by atoms with van der Waals surface area (Å²) in [5, 5.41) is 0. The standard InChI is InChI=1S/C29H58O4/c1-5-8-11-13-15-18-22-28(23-19-16-14-12-9-6-2)33-29(30)27(4)32-26-21-17-20-25-31-24-10-7-3/h27-28H,5-26H2,1-4H3/t27-/m0/s1. The quantitative estimate of drug-likeness (QED) is 0.0935. The number of rotatable bonds is 26. The first-order valence-electron chi connectivity index (χ1n) is 14.5. The normalized spacial score (nSPS) is 12.4. The lowest BCUT2D eigenvalue weighted by molar-refractivity contribution is -0.162. The van der Waals surface area contributed by atoms with Gasteiger partial charge in [0.15, 0.2) is 6.10 Å². The first-order valence-corrected chi connectivity index (χ1v) is 14.5. The Kier molecular flexibility index (Phi) is 25.5. The van der Waals surface area contributed by atoms with Gasteiger partial charge in [-0.15, -0.1) is 0 Å². The van der Waals surface area contributed by atoms with E-state index in [1.54, 1.807) is 0 Å². The van der Waals surface area contributed by atoms with Crippen molar-refractivity contribution in [3.05, 3.63) is 0 Å². The second-order valence-corrected chi connectivity index (χ2v) is 9.71. The highest BCUT2D eigenvalue weighted by molar-refractivity contribution is 5.74. The van der Waals surface area contributed by atoms with Gasteiger partial charge in [0.1, 0.15) is 6.10 Å². The van der Waals surface area contributed by atoms with Crippen LogP contribution in [-0.4, -0.2) is 38.0 Å². The molecule has 0 spiro atoms. The van der Waals surface area contributed by atoms with Gasteiger partial charge in [-0.2, -0.15) is 0 Å². The van der Waals surface area contributed by atoms with E-state index in [4.69, 9.17) is 14.2 Å². The molecule has 0 aromatic carbocycles. The minimum atomic E-state index is -0.470. The summed E-state index contributed by atoms with van der Waals surface area (Å²) < 4.78 is 17.3. The van der Waals surface area contributed by atoms with Crippen molar-refractivity contribution in [2.24, 2.45) is 0 Å². The van der Waals surface area contributed by atoms with Crippen molar-refractivity contribution < 1.29 is 19.0 Å². The lowest BCUT2D eigenvalue weighted by Crippen LogP contribution is -2.28. The average molecular weight is 471 g/mol. The second kappa shape index (κ2) is 26.0. The summed E-state index contributed by atoms with van der Waals surface area (Å²) in [4.78, 5) is 12.6. The van der Waals surface area contributed by atoms with Gasteiger partial charge in [-0.3, -0.25) is 0 Å². The van der Waals surface area contributed by atoms with Crippen molar-refractivity contribution in [1.82, 2.24) is 0 Å². The van der Waals surface area contributed by atoms with Crippen LogP contribution in [0.25, 0.3) is 0 Å². The average Bonchev–Trinajstić information content (AvgIpc) is 2.81. The van der Waals surface area contributed by atoms with Crippen molar-refractivity contribution in [3.8, 4) is 0 Å². The van der Waals surface area contributed by atoms with E-state index in [9.17, 15) is 4.79 Å². The van der Waals surface area contributed by atoms with Crippen molar-refractivity contribution >= 4 is 5.97 Å². The smallest absolute Gasteiger partial charge is 0.335 e. The van der Waals surface area contributed by atoms with Gasteiger partial charge in [0.05, 0.1) is 0 Å². The zero-order valence-corrected chi connectivity index (χ0v) is 22.8. The highest BCUT2D eigenvalue weighted by Gasteiger charge is 2.20. The Morgan fingerprint density at radius 3 is 1.61 bits per heavy atom. The highest BCUT2D eigenvalue weighted by Crippen LogP contribution is 2.18. The van der Waals surface area contributed by atoms with Crippen LogP contribution in [0.4, 0.5) is 0 Å². The number of esters is 1. The molecule has 0 unspecified atom stereocenters. The maximum atomic E-state index is 12.6. The molecular weight excluding hydrogens is 412 g/mol. The Bertz CT molecular complexity index is 383. The Morgan fingerprint density at radius 1 is 0.576 bits per heavy atom. The minimum absolute atomic E-state index is 0.0566. The molecule has 0 bridgehead atoms. The third kappa shape index (κ3) is 22.9. The molecule has 0 saturated heterocycles. The van der Waals surface area contributed by atoms with Gasteiger partial charge in [-0.05, 0) is 58.3 Å². The summed E-state index contributed by atoms with van der Waals surface area (Å²) in [7, 11) is 0. The van der Waals surface area contributed by atoms with E-state index in [0.29, 0.717) is 6.61 Å². The highest BCUT2D eigenvalue weighted by atomic mass is 16.6. The van der Waals surface area contributed by atoms with Crippen LogP contribution in [0.2, 0.25) is 0 Å². The molecule has 198 valence electrons. The monoisotopic (exact) mass is 470 g/mol. The molecule has 0 aromatic rings. The molecule has 1 atom stereocenters. The van der Waals surface area contributed by atoms with Crippen LogP contribution in [0, 0.1) is 0 Å². The van der Waals surface area contributed by atoms with Gasteiger partial charge in [0.25, 0.3) is 0 Å². The molecular formula is C29H58O4. The molecule has 0 amide bonds. The SMILES string of the molecule is CCCCCCCCC(CCCCCCCC)OC(=O)[C@H](C)OCCCCCOCCCC. The fourth-order valence-corrected chi connectivity index (χ4v) is 3.99. The fourth-order valence-electron chi connectivity index (χ4n) is 3.99. The molecule has 33 heavy (non-hydrogen) atoms. The van der Waals surface area contributed by atoms with Crippen molar-refractivity contribution in [2.75, 3.05) is 19.8 Å².